The van der Waals surface area contributed by atoms with Gasteiger partial charge in [-0.15, -0.1) is 66.5 Å². The first-order valence-electron chi connectivity index (χ1n) is 10.5. The van der Waals surface area contributed by atoms with Crippen LogP contribution in [0.3, 0.4) is 0 Å². The lowest BCUT2D eigenvalue weighted by molar-refractivity contribution is 0.375. The van der Waals surface area contributed by atoms with E-state index in [9.17, 15) is 0 Å². The van der Waals surface area contributed by atoms with E-state index in [0.29, 0.717) is 12.1 Å². The van der Waals surface area contributed by atoms with Gasteiger partial charge in [-0.3, -0.25) is 0 Å². The van der Waals surface area contributed by atoms with E-state index in [0.717, 1.165) is 0 Å². The zero-order valence-corrected chi connectivity index (χ0v) is 23.6. The van der Waals surface area contributed by atoms with Crippen molar-refractivity contribution in [2.75, 3.05) is 0 Å². The normalized spacial score (nSPS) is 21.9. The van der Waals surface area contributed by atoms with Crippen LogP contribution >= 0.6 is 66.5 Å². The second kappa shape index (κ2) is 10.2. The molecule has 1 aliphatic carbocycles. The van der Waals surface area contributed by atoms with Crippen LogP contribution in [0.25, 0.3) is 0 Å². The summed E-state index contributed by atoms with van der Waals surface area (Å²) in [5, 5.41) is 0. The summed E-state index contributed by atoms with van der Waals surface area (Å²) >= 11 is 39.2. The van der Waals surface area contributed by atoms with E-state index >= 15 is 0 Å². The second-order valence-corrected chi connectivity index (χ2v) is 26.7. The van der Waals surface area contributed by atoms with Crippen molar-refractivity contribution < 1.29 is 0 Å². The number of hydrogen-bond acceptors (Lipinski definition) is 0. The molecular formula is C24H22Cl6Si2. The van der Waals surface area contributed by atoms with Crippen LogP contribution in [0.15, 0.2) is 84.9 Å². The molecule has 0 spiro atoms. The van der Waals surface area contributed by atoms with Crippen molar-refractivity contribution in [2.45, 2.75) is 29.8 Å². The number of rotatable bonds is 7. The standard InChI is InChI=1S/C24H22Cl6Si2/c25-31(26,27)15-21(17-9-3-1-4-10-17)24-22(16-32(28,29)30)19-13-7-8-14-20(19)23(24)18-11-5-2-6-12-18/h1-14,21-24H,15-16H2/t21-,22+,23-,24-/m0/s1. The first-order valence-corrected chi connectivity index (χ1v) is 20.9. The predicted molar refractivity (Wildman–Crippen MR) is 146 cm³/mol. The fourth-order valence-corrected chi connectivity index (χ4v) is 10.3. The lowest BCUT2D eigenvalue weighted by Crippen LogP contribution is -2.29. The molecule has 3 aromatic rings. The summed E-state index contributed by atoms with van der Waals surface area (Å²) in [7, 11) is 0. The predicted octanol–water partition coefficient (Wildman–Crippen LogP) is 9.63. The summed E-state index contributed by atoms with van der Waals surface area (Å²) in [5.41, 5.74) is 4.94. The Morgan fingerprint density at radius 1 is 0.625 bits per heavy atom. The first-order chi connectivity index (χ1) is 15.1. The Kier molecular flexibility index (Phi) is 7.96. The molecule has 0 unspecified atom stereocenters. The van der Waals surface area contributed by atoms with Crippen molar-refractivity contribution in [1.29, 1.82) is 0 Å². The molecule has 0 nitrogen and oxygen atoms in total. The van der Waals surface area contributed by atoms with Crippen LogP contribution < -0.4 is 0 Å². The molecule has 4 rings (SSSR count). The van der Waals surface area contributed by atoms with Crippen LogP contribution in [0.4, 0.5) is 0 Å². The summed E-state index contributed by atoms with van der Waals surface area (Å²) in [4.78, 5) is 0. The van der Waals surface area contributed by atoms with Crippen molar-refractivity contribution in [2.24, 2.45) is 5.92 Å². The minimum absolute atomic E-state index is 0.0272. The Balaban J connectivity index is 1.92. The molecule has 0 aliphatic heterocycles. The van der Waals surface area contributed by atoms with Crippen LogP contribution in [-0.4, -0.2) is 12.0 Å². The van der Waals surface area contributed by atoms with Crippen molar-refractivity contribution >= 4 is 78.5 Å². The topological polar surface area (TPSA) is 0 Å². The quantitative estimate of drug-likeness (QED) is 0.193. The number of halogens is 6. The highest BCUT2D eigenvalue weighted by Gasteiger charge is 2.50. The Morgan fingerprint density at radius 2 is 1.16 bits per heavy atom. The van der Waals surface area contributed by atoms with Crippen molar-refractivity contribution in [3.63, 3.8) is 0 Å². The summed E-state index contributed by atoms with van der Waals surface area (Å²) in [6, 6.07) is 24.6. The summed E-state index contributed by atoms with van der Waals surface area (Å²) in [6.45, 7) is 0. The fraction of sp³-hybridized carbons (Fsp3) is 0.250. The second-order valence-electron chi connectivity index (χ2n) is 8.36. The van der Waals surface area contributed by atoms with Gasteiger partial charge in [-0.25, -0.2) is 0 Å². The lowest BCUT2D eigenvalue weighted by atomic mass is 9.73. The molecule has 168 valence electrons. The minimum Gasteiger partial charge on any atom is -0.126 e. The number of hydrogen-bond donors (Lipinski definition) is 0. The van der Waals surface area contributed by atoms with Gasteiger partial charge in [-0.1, -0.05) is 84.9 Å². The van der Waals surface area contributed by atoms with Gasteiger partial charge in [0.25, 0.3) is 0 Å². The Hall–Kier alpha value is -0.166. The van der Waals surface area contributed by atoms with Gasteiger partial charge in [0.2, 0.25) is 0 Å². The highest BCUT2D eigenvalue weighted by atomic mass is 35.8. The molecule has 0 N–H and O–H groups in total. The Morgan fingerprint density at radius 3 is 1.72 bits per heavy atom. The summed E-state index contributed by atoms with van der Waals surface area (Å²) in [5.74, 6) is 0.343. The van der Waals surface area contributed by atoms with E-state index in [1.165, 1.54) is 22.3 Å². The molecule has 4 atom stereocenters. The van der Waals surface area contributed by atoms with Gasteiger partial charge in [0, 0.05) is 5.92 Å². The van der Waals surface area contributed by atoms with Gasteiger partial charge in [-0.2, -0.15) is 0 Å². The summed E-state index contributed by atoms with van der Waals surface area (Å²) < 4.78 is 0. The minimum atomic E-state index is -2.96. The highest BCUT2D eigenvalue weighted by molar-refractivity contribution is 7.65. The summed E-state index contributed by atoms with van der Waals surface area (Å²) in [6.07, 6.45) is 0. The third-order valence-corrected chi connectivity index (χ3v) is 10.9. The van der Waals surface area contributed by atoms with E-state index in [4.69, 9.17) is 66.5 Å². The molecule has 0 amide bonds. The molecule has 0 aromatic heterocycles. The van der Waals surface area contributed by atoms with Crippen molar-refractivity contribution in [3.8, 4) is 0 Å². The highest BCUT2D eigenvalue weighted by Crippen LogP contribution is 2.60. The zero-order valence-electron chi connectivity index (χ0n) is 17.1. The molecule has 0 saturated heterocycles. The number of benzene rings is 3. The van der Waals surface area contributed by atoms with E-state index < -0.39 is 12.0 Å². The molecule has 0 fully saturated rings. The van der Waals surface area contributed by atoms with Crippen LogP contribution in [-0.2, 0) is 0 Å². The zero-order chi connectivity index (χ0) is 22.9. The van der Waals surface area contributed by atoms with Crippen LogP contribution in [0.5, 0.6) is 0 Å². The molecule has 0 radical (unpaired) electrons. The maximum atomic E-state index is 6.54. The molecule has 0 bridgehead atoms. The van der Waals surface area contributed by atoms with E-state index in [1.54, 1.807) is 0 Å². The third kappa shape index (κ3) is 5.90. The maximum Gasteiger partial charge on any atom is 0.342 e. The molecule has 0 heterocycles. The van der Waals surface area contributed by atoms with Gasteiger partial charge in [0.05, 0.1) is 0 Å². The van der Waals surface area contributed by atoms with Crippen LogP contribution in [0.1, 0.15) is 40.0 Å². The smallest absolute Gasteiger partial charge is 0.126 e. The molecule has 1 aliphatic rings. The van der Waals surface area contributed by atoms with Gasteiger partial charge in [-0.05, 0) is 52.1 Å². The maximum absolute atomic E-state index is 6.54. The largest absolute Gasteiger partial charge is 0.342 e. The SMILES string of the molecule is Cl[Si](Cl)(Cl)C[C@@H]1c2ccccc2[C@H](c2ccccc2)[C@H]1[C@@H](C[Si](Cl)(Cl)Cl)c1ccccc1. The number of fused-ring (bicyclic) bond motifs is 1. The fourth-order valence-electron chi connectivity index (χ4n) is 5.27. The van der Waals surface area contributed by atoms with Gasteiger partial charge in [0.15, 0.2) is 0 Å². The van der Waals surface area contributed by atoms with Crippen LogP contribution in [0.2, 0.25) is 12.1 Å². The van der Waals surface area contributed by atoms with Gasteiger partial charge >= 0.3 is 12.0 Å². The molecule has 0 saturated carbocycles. The van der Waals surface area contributed by atoms with E-state index in [1.807, 2.05) is 24.3 Å². The van der Waals surface area contributed by atoms with Crippen molar-refractivity contribution in [1.82, 2.24) is 0 Å². The Labute approximate surface area is 220 Å². The molecular weight excluding hydrogens is 557 g/mol. The third-order valence-electron chi connectivity index (χ3n) is 6.33. The average Bonchev–Trinajstić information content (AvgIpc) is 3.05. The molecule has 3 aromatic carbocycles. The van der Waals surface area contributed by atoms with Gasteiger partial charge < -0.3 is 0 Å². The van der Waals surface area contributed by atoms with E-state index in [2.05, 4.69) is 60.7 Å². The monoisotopic (exact) mass is 576 g/mol. The average molecular weight is 579 g/mol. The van der Waals surface area contributed by atoms with Crippen LogP contribution in [0, 0.1) is 5.92 Å². The molecule has 32 heavy (non-hydrogen) atoms. The Bertz CT molecular complexity index is 1030. The van der Waals surface area contributed by atoms with E-state index in [-0.39, 0.29) is 23.7 Å². The first kappa shape index (κ1) is 24.9. The van der Waals surface area contributed by atoms with Gasteiger partial charge in [0.1, 0.15) is 0 Å². The van der Waals surface area contributed by atoms with Crippen molar-refractivity contribution in [3.05, 3.63) is 107 Å². The lowest BCUT2D eigenvalue weighted by Gasteiger charge is -2.36. The molecule has 8 heteroatoms.